The number of carbonyl (C=O) groups is 3. The zero-order valence-corrected chi connectivity index (χ0v) is 22.6. The van der Waals surface area contributed by atoms with E-state index in [1.807, 2.05) is 44.7 Å². The molecule has 196 valence electrons. The zero-order valence-electron chi connectivity index (χ0n) is 22.6. The summed E-state index contributed by atoms with van der Waals surface area (Å²) in [6.07, 6.45) is 2.34. The molecule has 0 atom stereocenters. The summed E-state index contributed by atoms with van der Waals surface area (Å²) in [6, 6.07) is 3.94. The van der Waals surface area contributed by atoms with E-state index in [0.717, 1.165) is 35.1 Å². The van der Waals surface area contributed by atoms with Gasteiger partial charge >= 0.3 is 0 Å². The summed E-state index contributed by atoms with van der Waals surface area (Å²) < 4.78 is 4.63. The number of ether oxygens (including phenoxy) is 1. The van der Waals surface area contributed by atoms with Crippen molar-refractivity contribution in [1.29, 1.82) is 0 Å². The van der Waals surface area contributed by atoms with E-state index in [4.69, 9.17) is 0 Å². The maximum absolute atomic E-state index is 13.2. The van der Waals surface area contributed by atoms with Gasteiger partial charge in [-0.2, -0.15) is 0 Å². The van der Waals surface area contributed by atoms with Crippen LogP contribution < -0.4 is 0 Å². The third kappa shape index (κ3) is 7.27. The molecule has 0 radical (unpaired) electrons. The van der Waals surface area contributed by atoms with Gasteiger partial charge in [0.1, 0.15) is 24.1 Å². The molecule has 7 heteroatoms. The Kier molecular flexibility index (Phi) is 10.9. The van der Waals surface area contributed by atoms with Crippen LogP contribution in [0.1, 0.15) is 74.6 Å². The van der Waals surface area contributed by atoms with E-state index in [9.17, 15) is 14.4 Å². The molecular formula is C29H40N2O5. The predicted molar refractivity (Wildman–Crippen MR) is 141 cm³/mol. The number of piperidine rings is 1. The number of benzene rings is 1. The topological polar surface area (TPSA) is 85.3 Å². The fourth-order valence-electron chi connectivity index (χ4n) is 5.26. The molecule has 1 aromatic rings. The summed E-state index contributed by atoms with van der Waals surface area (Å²) in [4.78, 5) is 45.0. The minimum atomic E-state index is -0.653. The van der Waals surface area contributed by atoms with E-state index in [1.165, 1.54) is 0 Å². The lowest BCUT2D eigenvalue weighted by molar-refractivity contribution is -0.141. The van der Waals surface area contributed by atoms with Crippen molar-refractivity contribution in [2.75, 3.05) is 33.4 Å². The van der Waals surface area contributed by atoms with Gasteiger partial charge < -0.3 is 14.5 Å². The van der Waals surface area contributed by atoms with Crippen molar-refractivity contribution in [3.05, 3.63) is 34.4 Å². The van der Waals surface area contributed by atoms with Gasteiger partial charge in [0.2, 0.25) is 5.91 Å². The van der Waals surface area contributed by atoms with Gasteiger partial charge in [-0.3, -0.25) is 14.4 Å². The van der Waals surface area contributed by atoms with Gasteiger partial charge in [-0.1, -0.05) is 19.8 Å². The number of likely N-dealkylation sites (tertiary alicyclic amines) is 1. The molecule has 36 heavy (non-hydrogen) atoms. The third-order valence-electron chi connectivity index (χ3n) is 6.99. The lowest BCUT2D eigenvalue weighted by atomic mass is 9.62. The van der Waals surface area contributed by atoms with Gasteiger partial charge in [0, 0.05) is 51.2 Å². The molecular weight excluding hydrogens is 456 g/mol. The normalized spacial score (nSPS) is 17.2. The first-order valence-corrected chi connectivity index (χ1v) is 12.5. The molecule has 1 aliphatic carbocycles. The highest BCUT2D eigenvalue weighted by atomic mass is 16.6. The summed E-state index contributed by atoms with van der Waals surface area (Å²) in [7, 11) is 1.60. The summed E-state index contributed by atoms with van der Waals surface area (Å²) in [5.74, 6) is 5.51. The van der Waals surface area contributed by atoms with Crippen LogP contribution in [0.2, 0.25) is 0 Å². The van der Waals surface area contributed by atoms with Crippen molar-refractivity contribution in [3.8, 4) is 11.8 Å². The van der Waals surface area contributed by atoms with E-state index in [2.05, 4.69) is 33.3 Å². The fraction of sp³-hybridized carbons (Fsp3) is 0.586. The Morgan fingerprint density at radius 1 is 1.14 bits per heavy atom. The molecule has 2 aliphatic rings. The number of ketones is 2. The predicted octanol–water partition coefficient (Wildman–Crippen LogP) is 4.22. The van der Waals surface area contributed by atoms with Gasteiger partial charge in [-0.15, -0.1) is 11.1 Å². The second-order valence-corrected chi connectivity index (χ2v) is 10.1. The summed E-state index contributed by atoms with van der Waals surface area (Å²) >= 11 is 0. The quantitative estimate of drug-likeness (QED) is 0.194. The fourth-order valence-corrected chi connectivity index (χ4v) is 5.26. The number of hydrogen-bond donors (Lipinski definition) is 0. The molecule has 1 heterocycles. The minimum Gasteiger partial charge on any atom is -0.394 e. The number of oxime groups is 1. The SMILES string of the molecule is C=NOCCOC.CC#Cc1cc(C)c(C2C(=O)CC3(CCN(C(=O)C(C)C)CC3)CC2=O)c(C)c1. The molecule has 1 saturated carbocycles. The second-order valence-electron chi connectivity index (χ2n) is 10.1. The smallest absolute Gasteiger partial charge is 0.225 e. The molecule has 1 aromatic carbocycles. The Balaban J connectivity index is 0.000000572. The Morgan fingerprint density at radius 2 is 1.69 bits per heavy atom. The highest BCUT2D eigenvalue weighted by Gasteiger charge is 2.47. The van der Waals surface area contributed by atoms with Crippen LogP contribution in [0.3, 0.4) is 0 Å². The van der Waals surface area contributed by atoms with Crippen molar-refractivity contribution in [3.63, 3.8) is 0 Å². The summed E-state index contributed by atoms with van der Waals surface area (Å²) in [5, 5.41) is 3.14. The van der Waals surface area contributed by atoms with E-state index < -0.39 is 5.92 Å². The van der Waals surface area contributed by atoms with Gasteiger partial charge in [0.25, 0.3) is 0 Å². The average Bonchev–Trinajstić information content (AvgIpc) is 2.81. The minimum absolute atomic E-state index is 0.0191. The van der Waals surface area contributed by atoms with Crippen LogP contribution in [0.4, 0.5) is 0 Å². The van der Waals surface area contributed by atoms with E-state index in [0.29, 0.717) is 39.1 Å². The average molecular weight is 497 g/mol. The van der Waals surface area contributed by atoms with Gasteiger partial charge in [0.15, 0.2) is 0 Å². The van der Waals surface area contributed by atoms with Gasteiger partial charge in [-0.25, -0.2) is 0 Å². The Morgan fingerprint density at radius 3 is 2.14 bits per heavy atom. The first-order valence-electron chi connectivity index (χ1n) is 12.5. The van der Waals surface area contributed by atoms with Gasteiger partial charge in [-0.05, 0) is 67.9 Å². The van der Waals surface area contributed by atoms with Crippen LogP contribution in [0, 0.1) is 37.0 Å². The first kappa shape index (κ1) is 29.3. The van der Waals surface area contributed by atoms with Crippen molar-refractivity contribution < 1.29 is 24.0 Å². The standard InChI is InChI=1S/C25H31NO3.C4H9NO2/c1-6-7-19-12-17(4)22(18(5)13-19)23-20(27)14-25(15-21(23)28)8-10-26(11-9-25)24(29)16(2)3;1-5-7-4-3-6-2/h12-13,16,23H,8-11,14-15H2,1-5H3;1,3-4H2,2H3. The molecule has 7 nitrogen and oxygen atoms in total. The van der Waals surface area contributed by atoms with E-state index in [-0.39, 0.29) is 28.8 Å². The molecule has 0 aromatic heterocycles. The van der Waals surface area contributed by atoms with Crippen LogP contribution in [-0.4, -0.2) is 62.5 Å². The number of Topliss-reactive ketones (excluding diaryl/α,β-unsaturated/α-hetero) is 2. The second kappa shape index (κ2) is 13.4. The van der Waals surface area contributed by atoms with Crippen molar-refractivity contribution in [1.82, 2.24) is 4.90 Å². The molecule has 1 saturated heterocycles. The van der Waals surface area contributed by atoms with Crippen LogP contribution in [0.25, 0.3) is 0 Å². The number of hydrogen-bond acceptors (Lipinski definition) is 6. The largest absolute Gasteiger partial charge is 0.394 e. The van der Waals surface area contributed by atoms with Crippen LogP contribution in [0.15, 0.2) is 17.3 Å². The molecule has 1 spiro atoms. The van der Waals surface area contributed by atoms with Crippen molar-refractivity contribution >= 4 is 24.2 Å². The molecule has 0 N–H and O–H groups in total. The van der Waals surface area contributed by atoms with Crippen LogP contribution >= 0.6 is 0 Å². The van der Waals surface area contributed by atoms with Crippen molar-refractivity contribution in [2.24, 2.45) is 16.5 Å². The number of aryl methyl sites for hydroxylation is 2. The number of carbonyl (C=O) groups excluding carboxylic acids is 3. The summed E-state index contributed by atoms with van der Waals surface area (Å²) in [5.41, 5.74) is 3.43. The molecule has 1 amide bonds. The Bertz CT molecular complexity index is 983. The van der Waals surface area contributed by atoms with Crippen LogP contribution in [-0.2, 0) is 24.0 Å². The lowest BCUT2D eigenvalue weighted by Crippen LogP contribution is -2.49. The van der Waals surface area contributed by atoms with Gasteiger partial charge in [0.05, 0.1) is 6.61 Å². The molecule has 1 aliphatic heterocycles. The summed E-state index contributed by atoms with van der Waals surface area (Å²) in [6.45, 7) is 15.0. The first-order chi connectivity index (χ1) is 17.1. The third-order valence-corrected chi connectivity index (χ3v) is 6.99. The van der Waals surface area contributed by atoms with E-state index in [1.54, 1.807) is 14.0 Å². The highest BCUT2D eigenvalue weighted by Crippen LogP contribution is 2.46. The molecule has 0 unspecified atom stereocenters. The number of nitrogens with zero attached hydrogens (tertiary/aromatic N) is 2. The Labute approximate surface area is 215 Å². The van der Waals surface area contributed by atoms with E-state index >= 15 is 0 Å². The lowest BCUT2D eigenvalue weighted by Gasteiger charge is -2.45. The number of methoxy groups -OCH3 is 1. The molecule has 2 fully saturated rings. The monoisotopic (exact) mass is 496 g/mol. The molecule has 0 bridgehead atoms. The number of rotatable bonds is 6. The zero-order chi connectivity index (χ0) is 26.9. The highest BCUT2D eigenvalue weighted by molar-refractivity contribution is 6.10. The maximum Gasteiger partial charge on any atom is 0.225 e. The maximum atomic E-state index is 13.2. The Hall–Kier alpha value is -2.98. The van der Waals surface area contributed by atoms with Crippen molar-refractivity contribution in [2.45, 2.75) is 66.2 Å². The van der Waals surface area contributed by atoms with Crippen LogP contribution in [0.5, 0.6) is 0 Å². The number of amides is 1. The molecule has 3 rings (SSSR count).